The second-order valence-corrected chi connectivity index (χ2v) is 11.7. The molecule has 0 aliphatic carbocycles. The summed E-state index contributed by atoms with van der Waals surface area (Å²) in [6.45, 7) is 0.924. The molecule has 1 aliphatic heterocycles. The number of nitrogens with two attached hydrogens (primary N) is 2. The van der Waals surface area contributed by atoms with Crippen molar-refractivity contribution in [1.29, 1.82) is 0 Å². The van der Waals surface area contributed by atoms with Crippen molar-refractivity contribution in [2.45, 2.75) is 18.5 Å². The summed E-state index contributed by atoms with van der Waals surface area (Å²) in [5, 5.41) is 11.2. The molecule has 5 rings (SSSR count). The quantitative estimate of drug-likeness (QED) is 0.0998. The number of urea groups is 1. The third-order valence-corrected chi connectivity index (χ3v) is 8.40. The van der Waals surface area contributed by atoms with E-state index >= 15 is 0 Å². The molecule has 3 aromatic carbocycles. The van der Waals surface area contributed by atoms with Crippen molar-refractivity contribution in [3.8, 4) is 0 Å². The van der Waals surface area contributed by atoms with E-state index in [4.69, 9.17) is 16.5 Å². The molecule has 0 spiro atoms. The minimum Gasteiger partial charge on any atom is -0.370 e. The fraction of sp³-hybridized carbons (Fsp3) is 0.194. The number of rotatable bonds is 10. The average Bonchev–Trinajstić information content (AvgIpc) is 3.45. The van der Waals surface area contributed by atoms with Crippen molar-refractivity contribution in [3.05, 3.63) is 107 Å². The van der Waals surface area contributed by atoms with Crippen LogP contribution in [-0.4, -0.2) is 54.1 Å². The van der Waals surface area contributed by atoms with Gasteiger partial charge in [-0.2, -0.15) is 11.8 Å². The monoisotopic (exact) mass is 627 g/mol. The van der Waals surface area contributed by atoms with E-state index in [1.165, 1.54) is 16.2 Å². The Morgan fingerprint density at radius 3 is 2.68 bits per heavy atom. The zero-order valence-corrected chi connectivity index (χ0v) is 25.7. The van der Waals surface area contributed by atoms with Crippen molar-refractivity contribution in [2.75, 3.05) is 34.9 Å². The lowest BCUT2D eigenvalue weighted by Gasteiger charge is -2.21. The zero-order chi connectivity index (χ0) is 30.9. The van der Waals surface area contributed by atoms with E-state index in [1.54, 1.807) is 30.9 Å². The average molecular weight is 628 g/mol. The Morgan fingerprint density at radius 1 is 1.07 bits per heavy atom. The lowest BCUT2D eigenvalue weighted by Crippen LogP contribution is -2.47. The molecular weight excluding hydrogens is 595 g/mol. The first-order valence-corrected chi connectivity index (χ1v) is 15.9. The molecule has 13 heteroatoms. The van der Waals surface area contributed by atoms with E-state index in [0.29, 0.717) is 28.8 Å². The molecule has 1 aliphatic rings. The molecule has 0 saturated heterocycles. The highest BCUT2D eigenvalue weighted by atomic mass is 32.2. The summed E-state index contributed by atoms with van der Waals surface area (Å²) in [6, 6.07) is 23.8. The lowest BCUT2D eigenvalue weighted by atomic mass is 10.0. The van der Waals surface area contributed by atoms with Crippen LogP contribution in [0.4, 0.5) is 21.3 Å². The van der Waals surface area contributed by atoms with Crippen molar-refractivity contribution in [2.24, 2.45) is 21.5 Å². The van der Waals surface area contributed by atoms with Gasteiger partial charge in [-0.3, -0.25) is 4.79 Å². The second-order valence-electron chi connectivity index (χ2n) is 9.77. The molecule has 2 heterocycles. The van der Waals surface area contributed by atoms with E-state index in [2.05, 4.69) is 25.9 Å². The summed E-state index contributed by atoms with van der Waals surface area (Å²) >= 11 is 3.19. The number of thioether (sulfide) groups is 1. The molecule has 0 fully saturated rings. The van der Waals surface area contributed by atoms with Gasteiger partial charge in [0.15, 0.2) is 11.1 Å². The summed E-state index contributed by atoms with van der Waals surface area (Å²) in [5.74, 6) is 1.56. The second kappa shape index (κ2) is 14.6. The Labute approximate surface area is 263 Å². The Kier molecular flexibility index (Phi) is 10.2. The number of hydrogen-bond acceptors (Lipinski definition) is 8. The fourth-order valence-electron chi connectivity index (χ4n) is 4.50. The first-order valence-electron chi connectivity index (χ1n) is 13.9. The summed E-state index contributed by atoms with van der Waals surface area (Å²) < 4.78 is 0. The van der Waals surface area contributed by atoms with Gasteiger partial charge in [-0.15, -0.1) is 11.3 Å². The molecule has 3 amide bonds. The molecule has 0 saturated carbocycles. The van der Waals surface area contributed by atoms with Crippen LogP contribution in [0.15, 0.2) is 94.2 Å². The number of para-hydroxylation sites is 1. The number of aromatic nitrogens is 1. The van der Waals surface area contributed by atoms with Crippen LogP contribution in [0, 0.1) is 0 Å². The topological polar surface area (TPSA) is 163 Å². The van der Waals surface area contributed by atoms with Gasteiger partial charge in [-0.05, 0) is 23.8 Å². The van der Waals surface area contributed by atoms with Crippen molar-refractivity contribution in [3.63, 3.8) is 0 Å². The molecule has 226 valence electrons. The van der Waals surface area contributed by atoms with E-state index in [0.717, 1.165) is 33.9 Å². The molecule has 0 radical (unpaired) electrons. The van der Waals surface area contributed by atoms with Gasteiger partial charge in [-0.1, -0.05) is 60.7 Å². The van der Waals surface area contributed by atoms with Crippen LogP contribution >= 0.6 is 23.1 Å². The maximum Gasteiger partial charge on any atom is 0.321 e. The normalized spacial score (nSPS) is 14.8. The number of likely N-dealkylation sites (N-methyl/N-ethyl adjacent to an activating group) is 1. The Hall–Kier alpha value is -4.72. The van der Waals surface area contributed by atoms with Crippen LogP contribution in [-0.2, 0) is 17.1 Å². The van der Waals surface area contributed by atoms with Crippen LogP contribution in [0.1, 0.15) is 22.4 Å². The highest BCUT2D eigenvalue weighted by molar-refractivity contribution is 7.98. The van der Waals surface area contributed by atoms with Gasteiger partial charge >= 0.3 is 6.03 Å². The summed E-state index contributed by atoms with van der Waals surface area (Å²) in [7, 11) is 1.68. The van der Waals surface area contributed by atoms with E-state index in [1.807, 2.05) is 72.1 Å². The van der Waals surface area contributed by atoms with E-state index in [9.17, 15) is 9.59 Å². The number of nitrogens with one attached hydrogen (secondary N) is 3. The fourth-order valence-corrected chi connectivity index (χ4v) is 5.99. The number of aliphatic imine (C=N–C) groups is 2. The standard InChI is InChI=1S/C31H33N9O2S2/c1-40-25-13-6-5-12-24(25)26(21-9-3-2-4-10-21)37-27(28(40)41)38-30(42)35-22-11-7-8-20(16-22)17-34-29(33)39-31-36-23(19-44-31)18-43-15-14-32/h2-13,16,19,27H,14-15,17-18,32H2,1H3,(H2,35,38,42)(H3,33,34,36,39)/t27-/m0/s1. The van der Waals surface area contributed by atoms with Crippen molar-refractivity contribution < 1.29 is 9.59 Å². The molecule has 0 unspecified atom stereocenters. The Bertz CT molecular complexity index is 1670. The van der Waals surface area contributed by atoms with E-state index < -0.39 is 12.2 Å². The van der Waals surface area contributed by atoms with Gasteiger partial charge in [0.2, 0.25) is 6.17 Å². The van der Waals surface area contributed by atoms with Gasteiger partial charge in [-0.25, -0.2) is 19.8 Å². The molecule has 44 heavy (non-hydrogen) atoms. The lowest BCUT2D eigenvalue weighted by molar-refractivity contribution is -0.119. The number of benzodiazepines with no additional fused rings is 1. The number of benzene rings is 3. The number of carbonyl (C=O) groups is 2. The third kappa shape index (κ3) is 7.81. The molecular formula is C31H33N9O2S2. The van der Waals surface area contributed by atoms with Gasteiger partial charge < -0.3 is 32.3 Å². The number of fused-ring (bicyclic) bond motifs is 1. The largest absolute Gasteiger partial charge is 0.370 e. The number of guanidine groups is 1. The first kappa shape index (κ1) is 30.7. The number of hydrogen-bond donors (Lipinski definition) is 5. The Morgan fingerprint density at radius 2 is 1.86 bits per heavy atom. The minimum atomic E-state index is -1.13. The molecule has 1 aromatic heterocycles. The number of carbonyl (C=O) groups excluding carboxylic acids is 2. The van der Waals surface area contributed by atoms with Gasteiger partial charge in [0.1, 0.15) is 0 Å². The third-order valence-electron chi connectivity index (χ3n) is 6.57. The van der Waals surface area contributed by atoms with Crippen molar-refractivity contribution in [1.82, 2.24) is 10.3 Å². The highest BCUT2D eigenvalue weighted by Crippen LogP contribution is 2.27. The number of amides is 3. The van der Waals surface area contributed by atoms with Gasteiger partial charge in [0, 0.05) is 47.3 Å². The van der Waals surface area contributed by atoms with E-state index in [-0.39, 0.29) is 18.4 Å². The summed E-state index contributed by atoms with van der Waals surface area (Å²) in [5.41, 5.74) is 16.9. The molecule has 11 nitrogen and oxygen atoms in total. The molecule has 7 N–H and O–H groups in total. The number of thiazole rings is 1. The maximum atomic E-state index is 13.4. The van der Waals surface area contributed by atoms with Crippen LogP contribution in [0.25, 0.3) is 0 Å². The van der Waals surface area contributed by atoms with Gasteiger partial charge in [0.25, 0.3) is 5.91 Å². The molecule has 0 bridgehead atoms. The Balaban J connectivity index is 1.24. The van der Waals surface area contributed by atoms with Crippen LogP contribution < -0.4 is 32.3 Å². The summed E-state index contributed by atoms with van der Waals surface area (Å²) in [4.78, 5) is 41.7. The minimum absolute atomic E-state index is 0.237. The van der Waals surface area contributed by atoms with Gasteiger partial charge in [0.05, 0.1) is 23.6 Å². The van der Waals surface area contributed by atoms with Crippen LogP contribution in [0.5, 0.6) is 0 Å². The zero-order valence-electron chi connectivity index (χ0n) is 24.1. The van der Waals surface area contributed by atoms with Crippen LogP contribution in [0.2, 0.25) is 0 Å². The molecule has 4 aromatic rings. The predicted molar refractivity (Wildman–Crippen MR) is 181 cm³/mol. The first-order chi connectivity index (χ1) is 21.4. The van der Waals surface area contributed by atoms with Crippen molar-refractivity contribution >= 4 is 63.2 Å². The maximum absolute atomic E-state index is 13.4. The smallest absolute Gasteiger partial charge is 0.321 e. The number of nitrogens with zero attached hydrogens (tertiary/aromatic N) is 4. The predicted octanol–water partition coefficient (Wildman–Crippen LogP) is 4.22. The number of anilines is 3. The molecule has 1 atom stereocenters. The van der Waals surface area contributed by atoms with Crippen LogP contribution in [0.3, 0.4) is 0 Å². The highest BCUT2D eigenvalue weighted by Gasteiger charge is 2.31. The SMILES string of the molecule is CN1C(=O)[C@H](NC(=O)Nc2cccc(CN=C(N)Nc3nc(CSCCN)cs3)c2)N=C(c2ccccc2)c2ccccc21. The summed E-state index contributed by atoms with van der Waals surface area (Å²) in [6.07, 6.45) is -1.13.